The largest absolute Gasteiger partial charge is 0.392 e. The minimum Gasteiger partial charge on any atom is -0.392 e. The molecule has 0 unspecified atom stereocenters. The molecule has 0 saturated heterocycles. The Kier molecular flexibility index (Phi) is 3.53. The number of benzene rings is 2. The highest BCUT2D eigenvalue weighted by molar-refractivity contribution is 5.85. The fourth-order valence-corrected chi connectivity index (χ4v) is 2.77. The van der Waals surface area contributed by atoms with Crippen molar-refractivity contribution in [1.82, 2.24) is 0 Å². The molecule has 0 atom stereocenters. The fourth-order valence-electron chi connectivity index (χ4n) is 2.77. The molecule has 1 heteroatoms. The number of rotatable bonds is 3. The third kappa shape index (κ3) is 2.33. The summed E-state index contributed by atoms with van der Waals surface area (Å²) in [5.41, 5.74) is 7.24. The monoisotopic (exact) mass is 262 g/mol. The van der Waals surface area contributed by atoms with E-state index in [2.05, 4.69) is 49.4 Å². The van der Waals surface area contributed by atoms with Crippen LogP contribution in [0.25, 0.3) is 16.7 Å². The second-order valence-corrected chi connectivity index (χ2v) is 5.18. The zero-order valence-corrected chi connectivity index (χ0v) is 11.6. The highest BCUT2D eigenvalue weighted by Crippen LogP contribution is 2.35. The van der Waals surface area contributed by atoms with Gasteiger partial charge in [-0.05, 0) is 41.2 Å². The van der Waals surface area contributed by atoms with Gasteiger partial charge in [-0.15, -0.1) is 0 Å². The summed E-state index contributed by atoms with van der Waals surface area (Å²) in [6.45, 7) is 2.21. The lowest BCUT2D eigenvalue weighted by molar-refractivity contribution is 0.282. The normalized spacial score (nSPS) is 14.1. The molecule has 0 spiro atoms. The molecule has 2 aromatic rings. The molecule has 0 aliphatic heterocycles. The van der Waals surface area contributed by atoms with Crippen molar-refractivity contribution < 1.29 is 5.11 Å². The highest BCUT2D eigenvalue weighted by atomic mass is 16.3. The van der Waals surface area contributed by atoms with E-state index in [1.807, 2.05) is 18.2 Å². The van der Waals surface area contributed by atoms with Gasteiger partial charge in [0.25, 0.3) is 0 Å². The van der Waals surface area contributed by atoms with Crippen molar-refractivity contribution in [3.63, 3.8) is 0 Å². The lowest BCUT2D eigenvalue weighted by atomic mass is 9.91. The second kappa shape index (κ2) is 5.48. The summed E-state index contributed by atoms with van der Waals surface area (Å²) in [5, 5.41) is 9.55. The molecule has 100 valence electrons. The predicted octanol–water partition coefficient (Wildman–Crippen LogP) is 4.58. The van der Waals surface area contributed by atoms with Crippen LogP contribution < -0.4 is 0 Å². The van der Waals surface area contributed by atoms with Crippen molar-refractivity contribution >= 4 is 5.57 Å². The predicted molar refractivity (Wildman–Crippen MR) is 84.2 cm³/mol. The van der Waals surface area contributed by atoms with Crippen molar-refractivity contribution in [3.05, 3.63) is 77.4 Å². The standard InChI is InChI=1S/C19H18O/c1-14-10-11-15(12-14)17-7-4-5-9-19(17)18-8-3-2-6-16(18)13-20/h2-10,12,20H,11,13H2,1H3. The fraction of sp³-hybridized carbons (Fsp3) is 0.158. The van der Waals surface area contributed by atoms with Gasteiger partial charge in [-0.25, -0.2) is 0 Å². The van der Waals surface area contributed by atoms with Crippen LogP contribution in [0.4, 0.5) is 0 Å². The van der Waals surface area contributed by atoms with Crippen molar-refractivity contribution in [2.75, 3.05) is 0 Å². The summed E-state index contributed by atoms with van der Waals surface area (Å²) in [5.74, 6) is 0. The highest BCUT2D eigenvalue weighted by Gasteiger charge is 2.13. The Balaban J connectivity index is 2.13. The maximum Gasteiger partial charge on any atom is 0.0687 e. The van der Waals surface area contributed by atoms with Crippen molar-refractivity contribution in [2.24, 2.45) is 0 Å². The van der Waals surface area contributed by atoms with Gasteiger partial charge in [0.15, 0.2) is 0 Å². The molecular weight excluding hydrogens is 244 g/mol. The molecule has 1 N–H and O–H groups in total. The quantitative estimate of drug-likeness (QED) is 0.858. The van der Waals surface area contributed by atoms with Crippen molar-refractivity contribution in [2.45, 2.75) is 20.0 Å². The van der Waals surface area contributed by atoms with Gasteiger partial charge in [-0.2, -0.15) is 0 Å². The summed E-state index contributed by atoms with van der Waals surface area (Å²) in [4.78, 5) is 0. The first-order valence-corrected chi connectivity index (χ1v) is 6.95. The first-order chi connectivity index (χ1) is 9.79. The number of hydrogen-bond acceptors (Lipinski definition) is 1. The molecule has 20 heavy (non-hydrogen) atoms. The van der Waals surface area contributed by atoms with Crippen LogP contribution in [0.5, 0.6) is 0 Å². The number of hydrogen-bond donors (Lipinski definition) is 1. The average molecular weight is 262 g/mol. The molecule has 2 aromatic carbocycles. The van der Waals surface area contributed by atoms with Gasteiger partial charge in [0.05, 0.1) is 6.61 Å². The zero-order valence-electron chi connectivity index (χ0n) is 11.6. The molecule has 1 aliphatic rings. The molecule has 3 rings (SSSR count). The third-order valence-corrected chi connectivity index (χ3v) is 3.80. The average Bonchev–Trinajstić information content (AvgIpc) is 2.93. The zero-order chi connectivity index (χ0) is 13.9. The Morgan fingerprint density at radius 2 is 1.55 bits per heavy atom. The Hall–Kier alpha value is -2.12. The van der Waals surface area contributed by atoms with Gasteiger partial charge in [-0.1, -0.05) is 66.3 Å². The molecule has 0 bridgehead atoms. The van der Waals surface area contributed by atoms with Crippen molar-refractivity contribution in [3.8, 4) is 11.1 Å². The van der Waals surface area contributed by atoms with E-state index in [-0.39, 0.29) is 6.61 Å². The summed E-state index contributed by atoms with van der Waals surface area (Å²) in [7, 11) is 0. The van der Waals surface area contributed by atoms with E-state index >= 15 is 0 Å². The third-order valence-electron chi connectivity index (χ3n) is 3.80. The Bertz CT molecular complexity index is 692. The van der Waals surface area contributed by atoms with Crippen LogP contribution in [0.15, 0.2) is 66.3 Å². The number of aliphatic hydroxyl groups excluding tert-OH is 1. The van der Waals surface area contributed by atoms with E-state index in [0.717, 1.165) is 17.5 Å². The van der Waals surface area contributed by atoms with Gasteiger partial charge >= 0.3 is 0 Å². The first kappa shape index (κ1) is 12.9. The summed E-state index contributed by atoms with van der Waals surface area (Å²) in [6, 6.07) is 16.5. The molecule has 0 radical (unpaired) electrons. The molecule has 0 fully saturated rings. The Labute approximate surface area is 119 Å². The smallest absolute Gasteiger partial charge is 0.0687 e. The van der Waals surface area contributed by atoms with Crippen LogP contribution in [0, 0.1) is 0 Å². The second-order valence-electron chi connectivity index (χ2n) is 5.18. The van der Waals surface area contributed by atoms with E-state index in [0.29, 0.717) is 0 Å². The molecule has 0 aromatic heterocycles. The van der Waals surface area contributed by atoms with E-state index in [1.165, 1.54) is 22.3 Å². The van der Waals surface area contributed by atoms with Crippen LogP contribution in [0.1, 0.15) is 24.5 Å². The van der Waals surface area contributed by atoms with Gasteiger partial charge < -0.3 is 5.11 Å². The SMILES string of the molecule is CC1=CCC(c2ccccc2-c2ccccc2CO)=C1. The van der Waals surface area contributed by atoms with Crippen LogP contribution in [-0.4, -0.2) is 5.11 Å². The van der Waals surface area contributed by atoms with Crippen LogP contribution in [0.2, 0.25) is 0 Å². The summed E-state index contributed by atoms with van der Waals surface area (Å²) >= 11 is 0. The molecule has 1 aliphatic carbocycles. The molecule has 0 saturated carbocycles. The first-order valence-electron chi connectivity index (χ1n) is 6.95. The number of allylic oxidation sites excluding steroid dienone is 4. The molecular formula is C19H18O. The van der Waals surface area contributed by atoms with Crippen LogP contribution >= 0.6 is 0 Å². The molecule has 1 nitrogen and oxygen atoms in total. The number of aliphatic hydroxyl groups is 1. The summed E-state index contributed by atoms with van der Waals surface area (Å²) in [6.07, 6.45) is 5.49. The molecule has 0 amide bonds. The van der Waals surface area contributed by atoms with E-state index in [4.69, 9.17) is 0 Å². The van der Waals surface area contributed by atoms with E-state index in [1.54, 1.807) is 0 Å². The minimum atomic E-state index is 0.0703. The topological polar surface area (TPSA) is 20.2 Å². The minimum absolute atomic E-state index is 0.0703. The Morgan fingerprint density at radius 3 is 2.20 bits per heavy atom. The van der Waals surface area contributed by atoms with Gasteiger partial charge in [0, 0.05) is 0 Å². The van der Waals surface area contributed by atoms with E-state index in [9.17, 15) is 5.11 Å². The molecule has 0 heterocycles. The van der Waals surface area contributed by atoms with Gasteiger partial charge in [0.1, 0.15) is 0 Å². The van der Waals surface area contributed by atoms with E-state index < -0.39 is 0 Å². The lowest BCUT2D eigenvalue weighted by Gasteiger charge is -2.13. The van der Waals surface area contributed by atoms with Crippen molar-refractivity contribution in [1.29, 1.82) is 0 Å². The van der Waals surface area contributed by atoms with Crippen LogP contribution in [0.3, 0.4) is 0 Å². The lowest BCUT2D eigenvalue weighted by Crippen LogP contribution is -1.93. The Morgan fingerprint density at radius 1 is 0.900 bits per heavy atom. The van der Waals surface area contributed by atoms with Gasteiger partial charge in [-0.3, -0.25) is 0 Å². The summed E-state index contributed by atoms with van der Waals surface area (Å²) < 4.78 is 0. The maximum absolute atomic E-state index is 9.55. The van der Waals surface area contributed by atoms with Gasteiger partial charge in [0.2, 0.25) is 0 Å². The maximum atomic E-state index is 9.55. The van der Waals surface area contributed by atoms with Crippen LogP contribution in [-0.2, 0) is 6.61 Å².